The molecule has 2 aromatic rings. The maximum atomic E-state index is 13.0. The number of aromatic carboxylic acids is 1. The quantitative estimate of drug-likeness (QED) is 0.917. The van der Waals surface area contributed by atoms with Crippen molar-refractivity contribution in [2.45, 2.75) is 0 Å². The lowest BCUT2D eigenvalue weighted by Crippen LogP contribution is -2.00. The highest BCUT2D eigenvalue weighted by Gasteiger charge is 2.13. The molecule has 0 unspecified atom stereocenters. The van der Waals surface area contributed by atoms with Crippen LogP contribution >= 0.6 is 15.9 Å². The van der Waals surface area contributed by atoms with Crippen molar-refractivity contribution >= 4 is 21.9 Å². The lowest BCUT2D eigenvalue weighted by Gasteiger charge is -2.09. The van der Waals surface area contributed by atoms with E-state index >= 15 is 0 Å². The molecule has 2 aromatic carbocycles. The fourth-order valence-electron chi connectivity index (χ4n) is 1.42. The fraction of sp³-hybridized carbons (Fsp3) is 0. The molecular weight excluding hydrogens is 322 g/mol. The second kappa shape index (κ2) is 5.36. The third-order valence-corrected chi connectivity index (χ3v) is 2.79. The minimum Gasteiger partial charge on any atom is -0.478 e. The van der Waals surface area contributed by atoms with Crippen LogP contribution in [0.1, 0.15) is 10.4 Å². The van der Waals surface area contributed by atoms with Gasteiger partial charge in [-0.1, -0.05) is 15.9 Å². The van der Waals surface area contributed by atoms with Crippen LogP contribution in [-0.2, 0) is 0 Å². The number of rotatable bonds is 3. The van der Waals surface area contributed by atoms with Gasteiger partial charge in [-0.3, -0.25) is 0 Å². The standard InChI is InChI=1S/C13H7BrF2O3/c14-7-1-3-9(13(17)18)12(5-7)19-8-2-4-10(15)11(16)6-8/h1-6H,(H,17,18). The van der Waals surface area contributed by atoms with Crippen molar-refractivity contribution in [2.24, 2.45) is 0 Å². The van der Waals surface area contributed by atoms with Crippen molar-refractivity contribution in [3.63, 3.8) is 0 Å². The molecule has 0 fully saturated rings. The molecule has 0 radical (unpaired) electrons. The Bertz CT molecular complexity index is 644. The number of carboxylic acids is 1. The van der Waals surface area contributed by atoms with Crippen LogP contribution in [0.25, 0.3) is 0 Å². The van der Waals surface area contributed by atoms with Gasteiger partial charge in [0.1, 0.15) is 17.1 Å². The van der Waals surface area contributed by atoms with E-state index in [1.54, 1.807) is 6.07 Å². The highest BCUT2D eigenvalue weighted by molar-refractivity contribution is 9.10. The summed E-state index contributed by atoms with van der Waals surface area (Å²) < 4.78 is 31.7. The summed E-state index contributed by atoms with van der Waals surface area (Å²) in [4.78, 5) is 11.0. The van der Waals surface area contributed by atoms with Crippen molar-refractivity contribution in [3.05, 3.63) is 58.1 Å². The Morgan fingerprint density at radius 3 is 2.47 bits per heavy atom. The summed E-state index contributed by atoms with van der Waals surface area (Å²) in [5.74, 6) is -3.19. The van der Waals surface area contributed by atoms with Crippen LogP contribution in [-0.4, -0.2) is 11.1 Å². The summed E-state index contributed by atoms with van der Waals surface area (Å²) >= 11 is 3.18. The summed E-state index contributed by atoms with van der Waals surface area (Å²) in [6, 6.07) is 7.30. The molecule has 0 saturated heterocycles. The van der Waals surface area contributed by atoms with E-state index in [0.29, 0.717) is 4.47 Å². The van der Waals surface area contributed by atoms with Crippen molar-refractivity contribution in [2.75, 3.05) is 0 Å². The monoisotopic (exact) mass is 328 g/mol. The number of carbonyl (C=O) groups is 1. The lowest BCUT2D eigenvalue weighted by atomic mass is 10.2. The van der Waals surface area contributed by atoms with Crippen LogP contribution in [0.4, 0.5) is 8.78 Å². The molecule has 0 aliphatic heterocycles. The summed E-state index contributed by atoms with van der Waals surface area (Å²) in [7, 11) is 0. The average Bonchev–Trinajstić information content (AvgIpc) is 2.33. The first kappa shape index (κ1) is 13.5. The molecule has 0 atom stereocenters. The molecule has 6 heteroatoms. The molecule has 0 aliphatic carbocycles. The number of hydrogen-bond donors (Lipinski definition) is 1. The molecule has 0 bridgehead atoms. The Hall–Kier alpha value is -1.95. The first-order valence-electron chi connectivity index (χ1n) is 5.13. The maximum absolute atomic E-state index is 13.0. The second-order valence-corrected chi connectivity index (χ2v) is 4.54. The third-order valence-electron chi connectivity index (χ3n) is 2.29. The molecule has 0 aromatic heterocycles. The first-order valence-corrected chi connectivity index (χ1v) is 5.92. The van der Waals surface area contributed by atoms with Gasteiger partial charge in [-0.2, -0.15) is 0 Å². The molecule has 98 valence electrons. The zero-order chi connectivity index (χ0) is 14.0. The molecular formula is C13H7BrF2O3. The van der Waals surface area contributed by atoms with Gasteiger partial charge in [0, 0.05) is 10.5 Å². The van der Waals surface area contributed by atoms with E-state index in [2.05, 4.69) is 15.9 Å². The smallest absolute Gasteiger partial charge is 0.339 e. The number of halogens is 3. The Morgan fingerprint density at radius 1 is 1.11 bits per heavy atom. The van der Waals surface area contributed by atoms with Gasteiger partial charge in [-0.05, 0) is 30.3 Å². The zero-order valence-electron chi connectivity index (χ0n) is 9.36. The largest absolute Gasteiger partial charge is 0.478 e. The summed E-state index contributed by atoms with van der Waals surface area (Å²) in [5, 5.41) is 9.00. The van der Waals surface area contributed by atoms with Crippen LogP contribution in [0.5, 0.6) is 11.5 Å². The van der Waals surface area contributed by atoms with E-state index in [4.69, 9.17) is 9.84 Å². The first-order chi connectivity index (χ1) is 8.97. The minimum atomic E-state index is -1.18. The molecule has 0 aliphatic rings. The van der Waals surface area contributed by atoms with Crippen molar-refractivity contribution in [3.8, 4) is 11.5 Å². The van der Waals surface area contributed by atoms with E-state index in [1.165, 1.54) is 18.2 Å². The highest BCUT2D eigenvalue weighted by atomic mass is 79.9. The number of ether oxygens (including phenoxy) is 1. The Balaban J connectivity index is 2.39. The van der Waals surface area contributed by atoms with E-state index in [0.717, 1.165) is 12.1 Å². The van der Waals surface area contributed by atoms with E-state index < -0.39 is 17.6 Å². The number of hydrogen-bond acceptors (Lipinski definition) is 2. The van der Waals surface area contributed by atoms with Crippen LogP contribution in [0, 0.1) is 11.6 Å². The molecule has 3 nitrogen and oxygen atoms in total. The maximum Gasteiger partial charge on any atom is 0.339 e. The van der Waals surface area contributed by atoms with E-state index in [1.807, 2.05) is 0 Å². The van der Waals surface area contributed by atoms with Gasteiger partial charge < -0.3 is 9.84 Å². The average molecular weight is 329 g/mol. The predicted octanol–water partition coefficient (Wildman–Crippen LogP) is 4.22. The van der Waals surface area contributed by atoms with E-state index in [9.17, 15) is 13.6 Å². The summed E-state index contributed by atoms with van der Waals surface area (Å²) in [6.45, 7) is 0. The molecule has 0 heterocycles. The SMILES string of the molecule is O=C(O)c1ccc(Br)cc1Oc1ccc(F)c(F)c1. The Morgan fingerprint density at radius 2 is 1.84 bits per heavy atom. The van der Waals surface area contributed by atoms with Crippen molar-refractivity contribution in [1.82, 2.24) is 0 Å². The third kappa shape index (κ3) is 3.08. The zero-order valence-corrected chi connectivity index (χ0v) is 10.9. The second-order valence-electron chi connectivity index (χ2n) is 3.62. The highest BCUT2D eigenvalue weighted by Crippen LogP contribution is 2.29. The topological polar surface area (TPSA) is 46.5 Å². The van der Waals surface area contributed by atoms with Crippen molar-refractivity contribution in [1.29, 1.82) is 0 Å². The molecule has 0 saturated carbocycles. The van der Waals surface area contributed by atoms with Crippen LogP contribution in [0.3, 0.4) is 0 Å². The molecule has 1 N–H and O–H groups in total. The molecule has 19 heavy (non-hydrogen) atoms. The molecule has 0 amide bonds. The summed E-state index contributed by atoms with van der Waals surface area (Å²) in [5.41, 5.74) is -0.0760. The predicted molar refractivity (Wildman–Crippen MR) is 67.5 cm³/mol. The van der Waals surface area contributed by atoms with Gasteiger partial charge in [0.15, 0.2) is 11.6 Å². The molecule has 2 rings (SSSR count). The van der Waals surface area contributed by atoms with Crippen LogP contribution < -0.4 is 4.74 Å². The van der Waals surface area contributed by atoms with Gasteiger partial charge in [0.05, 0.1) is 0 Å². The van der Waals surface area contributed by atoms with Crippen LogP contribution in [0.15, 0.2) is 40.9 Å². The van der Waals surface area contributed by atoms with Crippen molar-refractivity contribution < 1.29 is 23.4 Å². The Kier molecular flexibility index (Phi) is 3.80. The Labute approximate surface area is 115 Å². The number of carboxylic acid groups (broad SMARTS) is 1. The lowest BCUT2D eigenvalue weighted by molar-refractivity contribution is 0.0694. The summed E-state index contributed by atoms with van der Waals surface area (Å²) in [6.07, 6.45) is 0. The van der Waals surface area contributed by atoms with Gasteiger partial charge in [-0.25, -0.2) is 13.6 Å². The van der Waals surface area contributed by atoms with Crippen LogP contribution in [0.2, 0.25) is 0 Å². The van der Waals surface area contributed by atoms with Gasteiger partial charge in [0.25, 0.3) is 0 Å². The van der Waals surface area contributed by atoms with Gasteiger partial charge >= 0.3 is 5.97 Å². The number of benzene rings is 2. The van der Waals surface area contributed by atoms with E-state index in [-0.39, 0.29) is 17.1 Å². The molecule has 0 spiro atoms. The minimum absolute atomic E-state index is 0.0134. The normalized spacial score (nSPS) is 10.3. The fourth-order valence-corrected chi connectivity index (χ4v) is 1.76. The van der Waals surface area contributed by atoms with Gasteiger partial charge in [-0.15, -0.1) is 0 Å². The van der Waals surface area contributed by atoms with Gasteiger partial charge in [0.2, 0.25) is 0 Å².